The van der Waals surface area contributed by atoms with Gasteiger partial charge in [0.2, 0.25) is 0 Å². The summed E-state index contributed by atoms with van der Waals surface area (Å²) in [5.41, 5.74) is -0.354. The molecule has 1 unspecified atom stereocenters. The van der Waals surface area contributed by atoms with Crippen LogP contribution in [0.5, 0.6) is 0 Å². The SMILES string of the molecule is C[C@@H]1CC(N(C(=O)O)C(C)(C)C)C[C@H](C)O1. The number of hydrogen-bond acceptors (Lipinski definition) is 2. The van der Waals surface area contributed by atoms with Crippen molar-refractivity contribution in [2.75, 3.05) is 0 Å². The zero-order valence-electron chi connectivity index (χ0n) is 10.9. The molecule has 0 aromatic rings. The Kier molecular flexibility index (Phi) is 3.84. The number of amides is 1. The molecule has 94 valence electrons. The second kappa shape index (κ2) is 4.62. The van der Waals surface area contributed by atoms with Crippen LogP contribution in [0.25, 0.3) is 0 Å². The quantitative estimate of drug-likeness (QED) is 0.752. The fourth-order valence-corrected chi connectivity index (χ4v) is 2.57. The lowest BCUT2D eigenvalue weighted by atomic mass is 9.94. The molecule has 1 N–H and O–H groups in total. The first-order valence-corrected chi connectivity index (χ1v) is 5.89. The molecule has 1 aliphatic heterocycles. The van der Waals surface area contributed by atoms with E-state index in [1.165, 1.54) is 0 Å². The first-order chi connectivity index (χ1) is 7.21. The molecule has 1 heterocycles. The normalized spacial score (nSPS) is 31.2. The van der Waals surface area contributed by atoms with Gasteiger partial charge in [-0.2, -0.15) is 0 Å². The molecule has 4 nitrogen and oxygen atoms in total. The van der Waals surface area contributed by atoms with Gasteiger partial charge in [0.25, 0.3) is 0 Å². The fourth-order valence-electron chi connectivity index (χ4n) is 2.57. The van der Waals surface area contributed by atoms with E-state index in [1.807, 2.05) is 34.6 Å². The fraction of sp³-hybridized carbons (Fsp3) is 0.917. The van der Waals surface area contributed by atoms with E-state index in [2.05, 4.69) is 0 Å². The van der Waals surface area contributed by atoms with Gasteiger partial charge >= 0.3 is 6.09 Å². The number of nitrogens with zero attached hydrogens (tertiary/aromatic N) is 1. The monoisotopic (exact) mass is 229 g/mol. The lowest BCUT2D eigenvalue weighted by Gasteiger charge is -2.44. The molecule has 1 amide bonds. The van der Waals surface area contributed by atoms with Gasteiger partial charge in [-0.15, -0.1) is 0 Å². The van der Waals surface area contributed by atoms with Gasteiger partial charge < -0.3 is 14.7 Å². The van der Waals surface area contributed by atoms with E-state index in [1.54, 1.807) is 4.90 Å². The Hall–Kier alpha value is -0.770. The summed E-state index contributed by atoms with van der Waals surface area (Å²) in [6.07, 6.45) is 1.01. The molecule has 4 heteroatoms. The second-order valence-electron chi connectivity index (χ2n) is 5.71. The number of rotatable bonds is 1. The van der Waals surface area contributed by atoms with Gasteiger partial charge in [0.15, 0.2) is 0 Å². The Labute approximate surface area is 97.6 Å². The number of carboxylic acid groups (broad SMARTS) is 1. The summed E-state index contributed by atoms with van der Waals surface area (Å²) >= 11 is 0. The summed E-state index contributed by atoms with van der Waals surface area (Å²) in [4.78, 5) is 12.9. The van der Waals surface area contributed by atoms with E-state index < -0.39 is 6.09 Å². The maximum Gasteiger partial charge on any atom is 0.407 e. The molecule has 3 atom stereocenters. The van der Waals surface area contributed by atoms with Crippen molar-refractivity contribution >= 4 is 6.09 Å². The highest BCUT2D eigenvalue weighted by atomic mass is 16.5. The first-order valence-electron chi connectivity index (χ1n) is 5.89. The van der Waals surface area contributed by atoms with Crippen LogP contribution in [0, 0.1) is 0 Å². The summed E-state index contributed by atoms with van der Waals surface area (Å²) in [5, 5.41) is 9.32. The van der Waals surface area contributed by atoms with E-state index in [9.17, 15) is 9.90 Å². The Morgan fingerprint density at radius 1 is 1.25 bits per heavy atom. The minimum atomic E-state index is -0.834. The number of hydrogen-bond donors (Lipinski definition) is 1. The predicted molar refractivity (Wildman–Crippen MR) is 62.6 cm³/mol. The molecule has 1 aliphatic rings. The number of carbonyl (C=O) groups is 1. The average Bonchev–Trinajstić information content (AvgIpc) is 1.96. The third-order valence-corrected chi connectivity index (χ3v) is 2.97. The highest BCUT2D eigenvalue weighted by Gasteiger charge is 2.37. The zero-order chi connectivity index (χ0) is 12.5. The lowest BCUT2D eigenvalue weighted by Crippen LogP contribution is -2.54. The van der Waals surface area contributed by atoms with Crippen LogP contribution in [-0.2, 0) is 4.74 Å². The van der Waals surface area contributed by atoms with Crippen LogP contribution in [0.4, 0.5) is 4.79 Å². The van der Waals surface area contributed by atoms with Crippen LogP contribution < -0.4 is 0 Å². The summed E-state index contributed by atoms with van der Waals surface area (Å²) in [7, 11) is 0. The molecule has 1 saturated heterocycles. The van der Waals surface area contributed by atoms with Crippen LogP contribution >= 0.6 is 0 Å². The van der Waals surface area contributed by atoms with Gasteiger partial charge in [0.1, 0.15) is 0 Å². The minimum Gasteiger partial charge on any atom is -0.465 e. The molecule has 0 radical (unpaired) electrons. The van der Waals surface area contributed by atoms with E-state index >= 15 is 0 Å². The lowest BCUT2D eigenvalue weighted by molar-refractivity contribution is -0.0729. The highest BCUT2D eigenvalue weighted by Crippen LogP contribution is 2.28. The predicted octanol–water partition coefficient (Wildman–Crippen LogP) is 2.72. The van der Waals surface area contributed by atoms with Crippen LogP contribution in [0.3, 0.4) is 0 Å². The van der Waals surface area contributed by atoms with Crippen LogP contribution in [0.1, 0.15) is 47.5 Å². The summed E-state index contributed by atoms with van der Waals surface area (Å²) in [5.74, 6) is 0. The Balaban J connectivity index is 2.83. The second-order valence-corrected chi connectivity index (χ2v) is 5.71. The largest absolute Gasteiger partial charge is 0.465 e. The van der Waals surface area contributed by atoms with Gasteiger partial charge in [0.05, 0.1) is 12.2 Å². The molecule has 1 fully saturated rings. The van der Waals surface area contributed by atoms with Crippen LogP contribution in [-0.4, -0.2) is 39.9 Å². The molecular weight excluding hydrogens is 206 g/mol. The smallest absolute Gasteiger partial charge is 0.407 e. The topological polar surface area (TPSA) is 49.8 Å². The molecule has 1 rings (SSSR count). The van der Waals surface area contributed by atoms with E-state index in [0.717, 1.165) is 12.8 Å². The van der Waals surface area contributed by atoms with E-state index in [4.69, 9.17) is 4.74 Å². The van der Waals surface area contributed by atoms with E-state index in [0.29, 0.717) is 0 Å². The van der Waals surface area contributed by atoms with Crippen molar-refractivity contribution in [1.29, 1.82) is 0 Å². The molecule has 0 aromatic carbocycles. The molecule has 16 heavy (non-hydrogen) atoms. The first kappa shape index (κ1) is 13.3. The van der Waals surface area contributed by atoms with Gasteiger partial charge in [-0.25, -0.2) is 4.79 Å². The standard InChI is InChI=1S/C12H23NO3/c1-8-6-10(7-9(2)16-8)13(11(14)15)12(3,4)5/h8-10H,6-7H2,1-5H3,(H,14,15)/t8-,9+,10?. The molecule has 0 spiro atoms. The van der Waals surface area contributed by atoms with Gasteiger partial charge in [0, 0.05) is 11.6 Å². The third-order valence-electron chi connectivity index (χ3n) is 2.97. The van der Waals surface area contributed by atoms with Gasteiger partial charge in [-0.05, 0) is 47.5 Å². The Bertz CT molecular complexity index is 249. The molecule has 0 aliphatic carbocycles. The zero-order valence-corrected chi connectivity index (χ0v) is 10.9. The summed E-state index contributed by atoms with van der Waals surface area (Å²) < 4.78 is 5.64. The van der Waals surface area contributed by atoms with Crippen molar-refractivity contribution in [2.45, 2.75) is 71.2 Å². The van der Waals surface area contributed by atoms with Crippen LogP contribution in [0.2, 0.25) is 0 Å². The van der Waals surface area contributed by atoms with E-state index in [-0.39, 0.29) is 23.8 Å². The maximum absolute atomic E-state index is 11.3. The average molecular weight is 229 g/mol. The maximum atomic E-state index is 11.3. The van der Waals surface area contributed by atoms with Crippen molar-refractivity contribution in [2.24, 2.45) is 0 Å². The van der Waals surface area contributed by atoms with Crippen LogP contribution in [0.15, 0.2) is 0 Å². The summed E-state index contributed by atoms with van der Waals surface area (Å²) in [6, 6.07) is 0.0660. The molecule has 0 saturated carbocycles. The summed E-state index contributed by atoms with van der Waals surface area (Å²) in [6.45, 7) is 9.82. The van der Waals surface area contributed by atoms with Crippen molar-refractivity contribution in [1.82, 2.24) is 4.90 Å². The minimum absolute atomic E-state index is 0.0660. The Morgan fingerprint density at radius 2 is 1.69 bits per heavy atom. The van der Waals surface area contributed by atoms with Gasteiger partial charge in [-0.3, -0.25) is 0 Å². The van der Waals surface area contributed by atoms with Crippen molar-refractivity contribution in [3.63, 3.8) is 0 Å². The molecule has 0 bridgehead atoms. The van der Waals surface area contributed by atoms with Crippen molar-refractivity contribution < 1.29 is 14.6 Å². The van der Waals surface area contributed by atoms with Crippen molar-refractivity contribution in [3.8, 4) is 0 Å². The van der Waals surface area contributed by atoms with Gasteiger partial charge in [-0.1, -0.05) is 0 Å². The molecular formula is C12H23NO3. The number of ether oxygens (including phenoxy) is 1. The highest BCUT2D eigenvalue weighted by molar-refractivity contribution is 5.66. The van der Waals surface area contributed by atoms with Crippen molar-refractivity contribution in [3.05, 3.63) is 0 Å². The molecule has 0 aromatic heterocycles. The third kappa shape index (κ3) is 3.11. The Morgan fingerprint density at radius 3 is 2.00 bits per heavy atom.